The molecule has 1 N–H and O–H groups in total. The second kappa shape index (κ2) is 9.56. The van der Waals surface area contributed by atoms with Crippen LogP contribution in [0.25, 0.3) is 0 Å². The largest absolute Gasteiger partial charge is 0.481 e. The zero-order chi connectivity index (χ0) is 24.8. The van der Waals surface area contributed by atoms with Gasteiger partial charge in [0, 0.05) is 6.42 Å². The van der Waals surface area contributed by atoms with Crippen LogP contribution in [0.2, 0.25) is 0 Å². The van der Waals surface area contributed by atoms with E-state index in [-0.39, 0.29) is 12.1 Å². The highest BCUT2D eigenvalue weighted by Crippen LogP contribution is 2.68. The molecule has 4 fully saturated rings. The molecule has 0 aromatic heterocycles. The summed E-state index contributed by atoms with van der Waals surface area (Å²) in [6, 6.07) is 9.41. The molecule has 4 heteroatoms. The van der Waals surface area contributed by atoms with E-state index in [2.05, 4.69) is 20.8 Å². The first-order valence-electron chi connectivity index (χ1n) is 14.2. The Morgan fingerprint density at radius 1 is 0.971 bits per heavy atom. The van der Waals surface area contributed by atoms with Crippen molar-refractivity contribution in [2.75, 3.05) is 0 Å². The van der Waals surface area contributed by atoms with Crippen molar-refractivity contribution in [2.45, 2.75) is 97.5 Å². The van der Waals surface area contributed by atoms with E-state index in [0.717, 1.165) is 37.0 Å². The zero-order valence-electron chi connectivity index (χ0n) is 21.9. The van der Waals surface area contributed by atoms with Crippen LogP contribution in [0.1, 0.15) is 102 Å². The number of carboxylic acid groups (broad SMARTS) is 1. The van der Waals surface area contributed by atoms with E-state index in [0.29, 0.717) is 40.6 Å². The summed E-state index contributed by atoms with van der Waals surface area (Å²) in [6.45, 7) is 7.43. The molecule has 0 radical (unpaired) electrons. The molecule has 4 saturated carbocycles. The zero-order valence-corrected chi connectivity index (χ0v) is 21.9. The Labute approximate surface area is 211 Å². The van der Waals surface area contributed by atoms with Crippen LogP contribution >= 0.6 is 0 Å². The van der Waals surface area contributed by atoms with Crippen LogP contribution in [0.15, 0.2) is 30.3 Å². The van der Waals surface area contributed by atoms with Gasteiger partial charge in [0.15, 0.2) is 0 Å². The molecule has 4 aliphatic carbocycles. The van der Waals surface area contributed by atoms with Crippen molar-refractivity contribution in [1.29, 1.82) is 0 Å². The molecule has 0 bridgehead atoms. The summed E-state index contributed by atoms with van der Waals surface area (Å²) < 4.78 is 5.99. The Kier molecular flexibility index (Phi) is 6.78. The van der Waals surface area contributed by atoms with E-state index in [1.54, 1.807) is 0 Å². The molecule has 5 rings (SSSR count). The van der Waals surface area contributed by atoms with Gasteiger partial charge in [-0.25, -0.2) is 4.79 Å². The smallest absolute Gasteiger partial charge is 0.338 e. The van der Waals surface area contributed by atoms with E-state index in [1.165, 1.54) is 44.9 Å². The lowest BCUT2D eigenvalue weighted by Gasteiger charge is -2.61. The van der Waals surface area contributed by atoms with Gasteiger partial charge in [0.2, 0.25) is 0 Å². The van der Waals surface area contributed by atoms with Gasteiger partial charge in [-0.3, -0.25) is 4.79 Å². The standard InChI is InChI=1S/C31H44O4/c1-20(9-14-28(32)33)25-12-13-26-24-11-10-22-19-23(35-29(34)21-7-5-4-6-8-21)15-17-30(22,2)27(24)16-18-31(25,26)3/h4-8,20,22-27H,9-19H2,1-3H3,(H,32,33)/t20-,22-,23-,24+,25-,26+,27+,30+,31-/m1/s1. The quantitative estimate of drug-likeness (QED) is 0.432. The summed E-state index contributed by atoms with van der Waals surface area (Å²) in [7, 11) is 0. The summed E-state index contributed by atoms with van der Waals surface area (Å²) in [5.41, 5.74) is 1.40. The molecule has 0 heterocycles. The Morgan fingerprint density at radius 3 is 2.43 bits per heavy atom. The first-order valence-corrected chi connectivity index (χ1v) is 14.2. The number of aliphatic carboxylic acids is 1. The molecule has 9 atom stereocenters. The maximum absolute atomic E-state index is 12.7. The predicted octanol–water partition coefficient (Wildman–Crippen LogP) is 7.37. The fourth-order valence-corrected chi connectivity index (χ4v) is 9.65. The maximum atomic E-state index is 12.7. The highest BCUT2D eigenvalue weighted by atomic mass is 16.5. The molecule has 0 spiro atoms. The molecule has 4 nitrogen and oxygen atoms in total. The second-order valence-electron chi connectivity index (χ2n) is 13.0. The van der Waals surface area contributed by atoms with Crippen molar-refractivity contribution in [3.8, 4) is 0 Å². The van der Waals surface area contributed by atoms with Crippen molar-refractivity contribution in [3.63, 3.8) is 0 Å². The second-order valence-corrected chi connectivity index (χ2v) is 13.0. The van der Waals surface area contributed by atoms with Crippen molar-refractivity contribution in [2.24, 2.45) is 46.3 Å². The number of carbonyl (C=O) groups excluding carboxylic acids is 1. The van der Waals surface area contributed by atoms with Crippen LogP contribution in [0.4, 0.5) is 0 Å². The Hall–Kier alpha value is -1.84. The van der Waals surface area contributed by atoms with Gasteiger partial charge in [-0.2, -0.15) is 0 Å². The first kappa shape index (κ1) is 24.8. The fraction of sp³-hybridized carbons (Fsp3) is 0.742. The average Bonchev–Trinajstić information content (AvgIpc) is 3.20. The molecule has 0 saturated heterocycles. The molecule has 4 aliphatic rings. The number of esters is 1. The number of benzene rings is 1. The Balaban J connectivity index is 1.24. The molecule has 192 valence electrons. The van der Waals surface area contributed by atoms with Crippen LogP contribution in [0.5, 0.6) is 0 Å². The van der Waals surface area contributed by atoms with Crippen molar-refractivity contribution < 1.29 is 19.4 Å². The van der Waals surface area contributed by atoms with Gasteiger partial charge in [0.25, 0.3) is 0 Å². The summed E-state index contributed by atoms with van der Waals surface area (Å²) in [5, 5.41) is 9.19. The Bertz CT molecular complexity index is 927. The predicted molar refractivity (Wildman–Crippen MR) is 137 cm³/mol. The Morgan fingerprint density at radius 2 is 1.69 bits per heavy atom. The molecule has 1 aromatic rings. The lowest BCUT2D eigenvalue weighted by atomic mass is 9.44. The maximum Gasteiger partial charge on any atom is 0.338 e. The highest BCUT2D eigenvalue weighted by molar-refractivity contribution is 5.89. The summed E-state index contributed by atoms with van der Waals surface area (Å²) in [6.07, 6.45) is 12.2. The van der Waals surface area contributed by atoms with Gasteiger partial charge >= 0.3 is 11.9 Å². The molecule has 0 amide bonds. The third kappa shape index (κ3) is 4.44. The average molecular weight is 481 g/mol. The van der Waals surface area contributed by atoms with E-state index >= 15 is 0 Å². The minimum absolute atomic E-state index is 0.0529. The monoisotopic (exact) mass is 480 g/mol. The number of carbonyl (C=O) groups is 2. The molecule has 35 heavy (non-hydrogen) atoms. The van der Waals surface area contributed by atoms with Crippen LogP contribution < -0.4 is 0 Å². The molecule has 0 aliphatic heterocycles. The number of hydrogen-bond acceptors (Lipinski definition) is 3. The number of fused-ring (bicyclic) bond motifs is 5. The van der Waals surface area contributed by atoms with Gasteiger partial charge in [-0.1, -0.05) is 39.0 Å². The van der Waals surface area contributed by atoms with E-state index < -0.39 is 5.97 Å². The third-order valence-corrected chi connectivity index (χ3v) is 11.5. The summed E-state index contributed by atoms with van der Waals surface area (Å²) in [5.74, 6) is 3.40. The number of hydrogen-bond donors (Lipinski definition) is 1. The van der Waals surface area contributed by atoms with Gasteiger partial charge < -0.3 is 9.84 Å². The van der Waals surface area contributed by atoms with E-state index in [4.69, 9.17) is 4.74 Å². The van der Waals surface area contributed by atoms with Gasteiger partial charge in [-0.05, 0) is 123 Å². The fourth-order valence-electron chi connectivity index (χ4n) is 9.65. The van der Waals surface area contributed by atoms with Gasteiger partial charge in [0.05, 0.1) is 5.56 Å². The first-order chi connectivity index (χ1) is 16.7. The topological polar surface area (TPSA) is 63.6 Å². The van der Waals surface area contributed by atoms with E-state index in [9.17, 15) is 14.7 Å². The third-order valence-electron chi connectivity index (χ3n) is 11.5. The molecule has 1 aromatic carbocycles. The van der Waals surface area contributed by atoms with Crippen LogP contribution in [-0.4, -0.2) is 23.1 Å². The minimum atomic E-state index is -0.656. The minimum Gasteiger partial charge on any atom is -0.481 e. The number of rotatable bonds is 6. The molecule has 0 unspecified atom stereocenters. The molecular weight excluding hydrogens is 436 g/mol. The number of ether oxygens (including phenoxy) is 1. The van der Waals surface area contributed by atoms with Crippen molar-refractivity contribution >= 4 is 11.9 Å². The normalized spacial score (nSPS) is 41.2. The van der Waals surface area contributed by atoms with E-state index in [1.807, 2.05) is 30.3 Å². The van der Waals surface area contributed by atoms with Crippen molar-refractivity contribution in [1.82, 2.24) is 0 Å². The SMILES string of the molecule is C[C@H](CCC(=O)O)[C@H]1CC[C@H]2[C@@H]3CC[C@@H]4C[C@H](OC(=O)c5ccccc5)CC[C@]4(C)[C@H]3CC[C@]12C. The van der Waals surface area contributed by atoms with Gasteiger partial charge in [-0.15, -0.1) is 0 Å². The molecular formula is C31H44O4. The highest BCUT2D eigenvalue weighted by Gasteiger charge is 2.60. The van der Waals surface area contributed by atoms with Crippen LogP contribution in [0.3, 0.4) is 0 Å². The van der Waals surface area contributed by atoms with Crippen molar-refractivity contribution in [3.05, 3.63) is 35.9 Å². The van der Waals surface area contributed by atoms with Gasteiger partial charge in [0.1, 0.15) is 6.10 Å². The van der Waals surface area contributed by atoms with Crippen LogP contribution in [0, 0.1) is 46.3 Å². The number of carboxylic acids is 1. The lowest BCUT2D eigenvalue weighted by molar-refractivity contribution is -0.138. The summed E-state index contributed by atoms with van der Waals surface area (Å²) in [4.78, 5) is 23.8. The lowest BCUT2D eigenvalue weighted by Crippen LogP contribution is -2.54. The van der Waals surface area contributed by atoms with Crippen LogP contribution in [-0.2, 0) is 9.53 Å². The summed E-state index contributed by atoms with van der Waals surface area (Å²) >= 11 is 0.